The van der Waals surface area contributed by atoms with E-state index in [1.807, 2.05) is 31.2 Å². The minimum atomic E-state index is -0.802. The Labute approximate surface area is 119 Å². The standard InChI is InChI=1S/C15H21NO4/c1-11-6-4-5-7-13(11)10-14(17)20-12(2)15(18)16-8-9-19-3/h4-7,12H,8-10H2,1-3H3,(H,16,18)/t12-/m0/s1. The third-order valence-corrected chi connectivity index (χ3v) is 2.88. The maximum atomic E-state index is 11.8. The number of aryl methyl sites for hydroxylation is 1. The van der Waals surface area contributed by atoms with Crippen LogP contribution in [0.1, 0.15) is 18.1 Å². The first kappa shape index (κ1) is 16.2. The molecule has 0 bridgehead atoms. The molecule has 0 unspecified atom stereocenters. The summed E-state index contributed by atoms with van der Waals surface area (Å²) in [5.41, 5.74) is 1.94. The van der Waals surface area contributed by atoms with Crippen molar-refractivity contribution in [3.05, 3.63) is 35.4 Å². The Hall–Kier alpha value is -1.88. The van der Waals surface area contributed by atoms with Crippen LogP contribution >= 0.6 is 0 Å². The summed E-state index contributed by atoms with van der Waals surface area (Å²) in [5.74, 6) is -0.728. The van der Waals surface area contributed by atoms with Crippen LogP contribution in [0.3, 0.4) is 0 Å². The molecule has 0 aliphatic rings. The van der Waals surface area contributed by atoms with Gasteiger partial charge in [-0.15, -0.1) is 0 Å². The smallest absolute Gasteiger partial charge is 0.311 e. The summed E-state index contributed by atoms with van der Waals surface area (Å²) in [6.07, 6.45) is -0.633. The summed E-state index contributed by atoms with van der Waals surface area (Å²) in [7, 11) is 1.55. The molecule has 1 rings (SSSR count). The average Bonchev–Trinajstić information content (AvgIpc) is 2.41. The summed E-state index contributed by atoms with van der Waals surface area (Å²) >= 11 is 0. The van der Waals surface area contributed by atoms with Gasteiger partial charge in [-0.25, -0.2) is 0 Å². The van der Waals surface area contributed by atoms with E-state index >= 15 is 0 Å². The van der Waals surface area contributed by atoms with E-state index in [2.05, 4.69) is 5.32 Å². The summed E-state index contributed by atoms with van der Waals surface area (Å²) in [4.78, 5) is 23.4. The minimum Gasteiger partial charge on any atom is -0.452 e. The Morgan fingerprint density at radius 2 is 2.00 bits per heavy atom. The maximum absolute atomic E-state index is 11.8. The van der Waals surface area contributed by atoms with Crippen molar-refractivity contribution in [2.75, 3.05) is 20.3 Å². The molecule has 1 atom stereocenters. The molecule has 0 aromatic heterocycles. The van der Waals surface area contributed by atoms with Gasteiger partial charge in [0.1, 0.15) is 0 Å². The first-order valence-electron chi connectivity index (χ1n) is 6.55. The van der Waals surface area contributed by atoms with Crippen molar-refractivity contribution in [1.82, 2.24) is 5.32 Å². The molecule has 1 N–H and O–H groups in total. The van der Waals surface area contributed by atoms with E-state index in [-0.39, 0.29) is 12.3 Å². The normalized spacial score (nSPS) is 11.8. The second-order valence-corrected chi connectivity index (χ2v) is 4.52. The highest BCUT2D eigenvalue weighted by Crippen LogP contribution is 2.09. The summed E-state index contributed by atoms with van der Waals surface area (Å²) in [6, 6.07) is 7.59. The Morgan fingerprint density at radius 1 is 1.30 bits per heavy atom. The molecule has 0 aliphatic carbocycles. The predicted molar refractivity (Wildman–Crippen MR) is 75.3 cm³/mol. The van der Waals surface area contributed by atoms with E-state index in [0.29, 0.717) is 13.2 Å². The van der Waals surface area contributed by atoms with Gasteiger partial charge in [0.25, 0.3) is 5.91 Å². The van der Waals surface area contributed by atoms with Crippen LogP contribution in [0.4, 0.5) is 0 Å². The zero-order valence-corrected chi connectivity index (χ0v) is 12.1. The molecule has 0 saturated heterocycles. The lowest BCUT2D eigenvalue weighted by Gasteiger charge is -2.13. The van der Waals surface area contributed by atoms with Crippen molar-refractivity contribution in [3.63, 3.8) is 0 Å². The summed E-state index contributed by atoms with van der Waals surface area (Å²) < 4.78 is 9.93. The molecule has 0 radical (unpaired) electrons. The van der Waals surface area contributed by atoms with Gasteiger partial charge in [-0.2, -0.15) is 0 Å². The number of amides is 1. The van der Waals surface area contributed by atoms with E-state index in [0.717, 1.165) is 11.1 Å². The highest BCUT2D eigenvalue weighted by Gasteiger charge is 2.17. The Kier molecular flexibility index (Phi) is 6.73. The Balaban J connectivity index is 2.42. The van der Waals surface area contributed by atoms with Crippen LogP contribution in [0, 0.1) is 6.92 Å². The molecule has 0 fully saturated rings. The summed E-state index contributed by atoms with van der Waals surface area (Å²) in [6.45, 7) is 4.31. The fourth-order valence-corrected chi connectivity index (χ4v) is 1.68. The minimum absolute atomic E-state index is 0.169. The summed E-state index contributed by atoms with van der Waals surface area (Å²) in [5, 5.41) is 2.62. The van der Waals surface area contributed by atoms with Crippen LogP contribution in [0.15, 0.2) is 24.3 Å². The van der Waals surface area contributed by atoms with Gasteiger partial charge in [0, 0.05) is 13.7 Å². The molecule has 0 spiro atoms. The van der Waals surface area contributed by atoms with E-state index in [1.165, 1.54) is 0 Å². The van der Waals surface area contributed by atoms with Crippen LogP contribution in [0.25, 0.3) is 0 Å². The highest BCUT2D eigenvalue weighted by atomic mass is 16.5. The van der Waals surface area contributed by atoms with Gasteiger partial charge in [-0.1, -0.05) is 24.3 Å². The van der Waals surface area contributed by atoms with Crippen LogP contribution in [0.5, 0.6) is 0 Å². The van der Waals surface area contributed by atoms with Crippen LogP contribution in [0.2, 0.25) is 0 Å². The number of rotatable bonds is 7. The monoisotopic (exact) mass is 279 g/mol. The fourth-order valence-electron chi connectivity index (χ4n) is 1.68. The Morgan fingerprint density at radius 3 is 2.65 bits per heavy atom. The largest absolute Gasteiger partial charge is 0.452 e. The molecule has 20 heavy (non-hydrogen) atoms. The predicted octanol–water partition coefficient (Wildman–Crippen LogP) is 1.23. The fraction of sp³-hybridized carbons (Fsp3) is 0.467. The van der Waals surface area contributed by atoms with Gasteiger partial charge < -0.3 is 14.8 Å². The number of carbonyl (C=O) groups excluding carboxylic acids is 2. The number of ether oxygens (including phenoxy) is 2. The highest BCUT2D eigenvalue weighted by molar-refractivity contribution is 5.83. The van der Waals surface area contributed by atoms with Gasteiger partial charge in [-0.05, 0) is 25.0 Å². The van der Waals surface area contributed by atoms with Crippen LogP contribution in [-0.2, 0) is 25.5 Å². The van der Waals surface area contributed by atoms with E-state index in [4.69, 9.17) is 9.47 Å². The van der Waals surface area contributed by atoms with Crippen molar-refractivity contribution in [2.45, 2.75) is 26.4 Å². The van der Waals surface area contributed by atoms with Crippen LogP contribution in [-0.4, -0.2) is 38.2 Å². The van der Waals surface area contributed by atoms with E-state index in [1.54, 1.807) is 14.0 Å². The zero-order valence-electron chi connectivity index (χ0n) is 12.1. The van der Waals surface area contributed by atoms with Crippen molar-refractivity contribution in [3.8, 4) is 0 Å². The second kappa shape index (κ2) is 8.32. The molecular formula is C15H21NO4. The van der Waals surface area contributed by atoms with Crippen molar-refractivity contribution in [1.29, 1.82) is 0 Å². The molecule has 1 aromatic carbocycles. The average molecular weight is 279 g/mol. The lowest BCUT2D eigenvalue weighted by molar-refractivity contribution is -0.154. The SMILES string of the molecule is COCCNC(=O)[C@H](C)OC(=O)Cc1ccccc1C. The number of hydrogen-bond donors (Lipinski definition) is 1. The number of esters is 1. The molecule has 0 aliphatic heterocycles. The molecule has 1 amide bonds. The van der Waals surface area contributed by atoms with Crippen LogP contribution < -0.4 is 5.32 Å². The third kappa shape index (κ3) is 5.40. The number of carbonyl (C=O) groups is 2. The molecule has 110 valence electrons. The van der Waals surface area contributed by atoms with Gasteiger partial charge in [-0.3, -0.25) is 9.59 Å². The molecule has 5 heteroatoms. The van der Waals surface area contributed by atoms with Gasteiger partial charge >= 0.3 is 5.97 Å². The lowest BCUT2D eigenvalue weighted by atomic mass is 10.1. The lowest BCUT2D eigenvalue weighted by Crippen LogP contribution is -2.37. The van der Waals surface area contributed by atoms with Crippen molar-refractivity contribution >= 4 is 11.9 Å². The molecule has 5 nitrogen and oxygen atoms in total. The molecular weight excluding hydrogens is 258 g/mol. The third-order valence-electron chi connectivity index (χ3n) is 2.88. The van der Waals surface area contributed by atoms with Gasteiger partial charge in [0.15, 0.2) is 6.10 Å². The Bertz CT molecular complexity index is 459. The number of methoxy groups -OCH3 is 1. The first-order valence-corrected chi connectivity index (χ1v) is 6.55. The topological polar surface area (TPSA) is 64.6 Å². The maximum Gasteiger partial charge on any atom is 0.311 e. The quantitative estimate of drug-likeness (QED) is 0.602. The zero-order chi connectivity index (χ0) is 15.0. The van der Waals surface area contributed by atoms with E-state index in [9.17, 15) is 9.59 Å². The molecule has 1 aromatic rings. The second-order valence-electron chi connectivity index (χ2n) is 4.52. The first-order chi connectivity index (χ1) is 9.54. The van der Waals surface area contributed by atoms with Gasteiger partial charge in [0.2, 0.25) is 0 Å². The van der Waals surface area contributed by atoms with E-state index < -0.39 is 12.1 Å². The number of nitrogens with one attached hydrogen (secondary N) is 1. The number of hydrogen-bond acceptors (Lipinski definition) is 4. The van der Waals surface area contributed by atoms with Crippen molar-refractivity contribution in [2.24, 2.45) is 0 Å². The van der Waals surface area contributed by atoms with Gasteiger partial charge in [0.05, 0.1) is 13.0 Å². The molecule has 0 heterocycles. The molecule has 0 saturated carbocycles. The number of benzene rings is 1. The van der Waals surface area contributed by atoms with Crippen molar-refractivity contribution < 1.29 is 19.1 Å².